The lowest BCUT2D eigenvalue weighted by Crippen LogP contribution is -2.22. The number of rotatable bonds is 5. The monoisotopic (exact) mass is 345 g/mol. The Morgan fingerprint density at radius 2 is 2.04 bits per heavy atom. The lowest BCUT2D eigenvalue weighted by molar-refractivity contribution is 0.0953. The van der Waals surface area contributed by atoms with Crippen LogP contribution in [-0.2, 0) is 13.0 Å². The van der Waals surface area contributed by atoms with Crippen molar-refractivity contribution in [1.29, 1.82) is 0 Å². The maximum absolute atomic E-state index is 12.4. The van der Waals surface area contributed by atoms with Crippen LogP contribution >= 0.6 is 22.7 Å². The summed E-state index contributed by atoms with van der Waals surface area (Å²) in [5.41, 5.74) is 1.57. The maximum Gasteiger partial charge on any atom is 0.263 e. The number of nitrogens with one attached hydrogen (secondary N) is 1. The van der Waals surface area contributed by atoms with Gasteiger partial charge in [0.2, 0.25) is 0 Å². The number of aromatic nitrogens is 4. The van der Waals surface area contributed by atoms with Gasteiger partial charge in [0.05, 0.1) is 22.9 Å². The predicted molar refractivity (Wildman–Crippen MR) is 90.5 cm³/mol. The molecule has 0 aliphatic heterocycles. The fraction of sp³-hybridized carbons (Fsp3) is 0.267. The van der Waals surface area contributed by atoms with Crippen molar-refractivity contribution in [2.75, 3.05) is 0 Å². The number of carbonyl (C=O) groups is 1. The summed E-state index contributed by atoms with van der Waals surface area (Å²) in [7, 11) is 0. The third kappa shape index (κ3) is 3.59. The van der Waals surface area contributed by atoms with Crippen LogP contribution in [0.25, 0.3) is 10.8 Å². The minimum Gasteiger partial charge on any atom is -0.346 e. The molecule has 0 saturated carbocycles. The van der Waals surface area contributed by atoms with Gasteiger partial charge < -0.3 is 5.32 Å². The van der Waals surface area contributed by atoms with Crippen LogP contribution in [0.4, 0.5) is 0 Å². The molecule has 0 aliphatic carbocycles. The van der Waals surface area contributed by atoms with Crippen LogP contribution in [0.15, 0.2) is 23.8 Å². The zero-order chi connectivity index (χ0) is 16.2. The minimum absolute atomic E-state index is 0.145. The quantitative estimate of drug-likeness (QED) is 0.769. The highest BCUT2D eigenvalue weighted by Crippen LogP contribution is 2.25. The Bertz CT molecular complexity index is 812. The molecule has 0 aromatic carbocycles. The number of aryl methyl sites for hydroxylation is 2. The van der Waals surface area contributed by atoms with E-state index >= 15 is 0 Å². The summed E-state index contributed by atoms with van der Waals surface area (Å²) in [6.45, 7) is 4.30. The molecule has 23 heavy (non-hydrogen) atoms. The van der Waals surface area contributed by atoms with Crippen LogP contribution in [-0.4, -0.2) is 25.8 Å². The van der Waals surface area contributed by atoms with Crippen LogP contribution in [0.3, 0.4) is 0 Å². The zero-order valence-corrected chi connectivity index (χ0v) is 14.4. The summed E-state index contributed by atoms with van der Waals surface area (Å²) in [6.07, 6.45) is 4.23. The molecule has 3 aromatic heterocycles. The lowest BCUT2D eigenvalue weighted by atomic mass is 10.3. The summed E-state index contributed by atoms with van der Waals surface area (Å²) in [5, 5.41) is 6.59. The van der Waals surface area contributed by atoms with Crippen molar-refractivity contribution in [3.8, 4) is 10.8 Å². The van der Waals surface area contributed by atoms with E-state index in [2.05, 4.69) is 32.2 Å². The van der Waals surface area contributed by atoms with E-state index in [9.17, 15) is 4.79 Å². The second-order valence-corrected chi connectivity index (χ2v) is 6.72. The summed E-state index contributed by atoms with van der Waals surface area (Å²) >= 11 is 2.91. The molecule has 0 atom stereocenters. The number of thiazole rings is 2. The van der Waals surface area contributed by atoms with Crippen LogP contribution in [0.1, 0.15) is 33.0 Å². The van der Waals surface area contributed by atoms with Crippen molar-refractivity contribution in [3.63, 3.8) is 0 Å². The largest absolute Gasteiger partial charge is 0.346 e. The highest BCUT2D eigenvalue weighted by atomic mass is 32.1. The van der Waals surface area contributed by atoms with Crippen LogP contribution in [0.5, 0.6) is 0 Å². The number of hydrogen-bond donors (Lipinski definition) is 1. The Morgan fingerprint density at radius 3 is 2.74 bits per heavy atom. The van der Waals surface area contributed by atoms with Crippen molar-refractivity contribution < 1.29 is 4.79 Å². The average molecular weight is 345 g/mol. The minimum atomic E-state index is -0.145. The number of carbonyl (C=O) groups excluding carboxylic acids is 1. The standard InChI is InChI=1S/C15H15N5OS2/c1-3-11-20-10(8-22-11)7-18-14(21)12-9(2)19-15(23-12)13-16-5-4-6-17-13/h4-6,8H,3,7H2,1-2H3,(H,18,21). The van der Waals surface area contributed by atoms with Crippen molar-refractivity contribution in [3.05, 3.63) is 45.1 Å². The number of hydrogen-bond acceptors (Lipinski definition) is 7. The average Bonchev–Trinajstić information content (AvgIpc) is 3.20. The normalized spacial score (nSPS) is 10.7. The predicted octanol–water partition coefficient (Wildman–Crippen LogP) is 2.86. The zero-order valence-electron chi connectivity index (χ0n) is 12.7. The fourth-order valence-electron chi connectivity index (χ4n) is 1.96. The first-order chi connectivity index (χ1) is 11.2. The molecule has 0 bridgehead atoms. The lowest BCUT2D eigenvalue weighted by Gasteiger charge is -2.01. The molecule has 0 aliphatic rings. The molecule has 0 spiro atoms. The molecule has 3 heterocycles. The maximum atomic E-state index is 12.4. The molecule has 118 valence electrons. The molecular weight excluding hydrogens is 330 g/mol. The van der Waals surface area contributed by atoms with Crippen molar-refractivity contribution >= 4 is 28.6 Å². The molecule has 0 unspecified atom stereocenters. The smallest absolute Gasteiger partial charge is 0.263 e. The molecule has 1 N–H and O–H groups in total. The van der Waals surface area contributed by atoms with Crippen LogP contribution in [0, 0.1) is 6.92 Å². The van der Waals surface area contributed by atoms with E-state index in [4.69, 9.17) is 0 Å². The Kier molecular flexibility index (Phi) is 4.73. The summed E-state index contributed by atoms with van der Waals surface area (Å²) in [4.78, 5) is 30.1. The van der Waals surface area contributed by atoms with Gasteiger partial charge in [-0.25, -0.2) is 19.9 Å². The van der Waals surface area contributed by atoms with E-state index < -0.39 is 0 Å². The van der Waals surface area contributed by atoms with Gasteiger partial charge in [-0.2, -0.15) is 0 Å². The van der Waals surface area contributed by atoms with Gasteiger partial charge in [0.1, 0.15) is 4.88 Å². The van der Waals surface area contributed by atoms with E-state index in [1.54, 1.807) is 29.8 Å². The summed E-state index contributed by atoms with van der Waals surface area (Å²) in [5.74, 6) is 0.389. The van der Waals surface area contributed by atoms with E-state index in [0.29, 0.717) is 27.9 Å². The second-order valence-electron chi connectivity index (χ2n) is 4.77. The van der Waals surface area contributed by atoms with Gasteiger partial charge in [-0.15, -0.1) is 22.7 Å². The molecule has 8 heteroatoms. The third-order valence-corrected chi connectivity index (χ3v) is 5.29. The first kappa shape index (κ1) is 15.7. The summed E-state index contributed by atoms with van der Waals surface area (Å²) in [6, 6.07) is 1.75. The first-order valence-electron chi connectivity index (χ1n) is 7.13. The molecule has 3 aromatic rings. The van der Waals surface area contributed by atoms with Gasteiger partial charge in [-0.05, 0) is 19.4 Å². The molecular formula is C15H15N5OS2. The highest BCUT2D eigenvalue weighted by molar-refractivity contribution is 7.17. The molecule has 0 fully saturated rings. The molecule has 0 saturated heterocycles. The fourth-order valence-corrected chi connectivity index (χ4v) is 3.63. The molecule has 0 radical (unpaired) electrons. The van der Waals surface area contributed by atoms with E-state index in [1.807, 2.05) is 12.3 Å². The highest BCUT2D eigenvalue weighted by Gasteiger charge is 2.17. The first-order valence-corrected chi connectivity index (χ1v) is 8.83. The number of nitrogens with zero attached hydrogens (tertiary/aromatic N) is 4. The van der Waals surface area contributed by atoms with Crippen molar-refractivity contribution in [1.82, 2.24) is 25.3 Å². The number of amides is 1. The topological polar surface area (TPSA) is 80.7 Å². The third-order valence-electron chi connectivity index (χ3n) is 3.09. The molecule has 6 nitrogen and oxygen atoms in total. The summed E-state index contributed by atoms with van der Waals surface area (Å²) < 4.78 is 0. The molecule has 1 amide bonds. The van der Waals surface area contributed by atoms with E-state index in [0.717, 1.165) is 17.1 Å². The van der Waals surface area contributed by atoms with Gasteiger partial charge in [0.25, 0.3) is 5.91 Å². The van der Waals surface area contributed by atoms with Gasteiger partial charge >= 0.3 is 0 Å². The van der Waals surface area contributed by atoms with Crippen molar-refractivity contribution in [2.24, 2.45) is 0 Å². The van der Waals surface area contributed by atoms with E-state index in [1.165, 1.54) is 11.3 Å². The Labute approximate surface area is 141 Å². The van der Waals surface area contributed by atoms with Crippen molar-refractivity contribution in [2.45, 2.75) is 26.8 Å². The Morgan fingerprint density at radius 1 is 1.26 bits per heavy atom. The van der Waals surface area contributed by atoms with Gasteiger partial charge in [-0.3, -0.25) is 4.79 Å². The second kappa shape index (κ2) is 6.93. The molecule has 3 rings (SSSR count). The van der Waals surface area contributed by atoms with E-state index in [-0.39, 0.29) is 5.91 Å². The Balaban J connectivity index is 1.71. The van der Waals surface area contributed by atoms with Gasteiger partial charge in [-0.1, -0.05) is 6.92 Å². The van der Waals surface area contributed by atoms with Gasteiger partial charge in [0, 0.05) is 17.8 Å². The van der Waals surface area contributed by atoms with Crippen LogP contribution < -0.4 is 5.32 Å². The Hall–Kier alpha value is -2.19. The van der Waals surface area contributed by atoms with Crippen LogP contribution in [0.2, 0.25) is 0 Å². The van der Waals surface area contributed by atoms with Gasteiger partial charge in [0.15, 0.2) is 10.8 Å². The SMILES string of the molecule is CCc1nc(CNC(=O)c2sc(-c3ncccn3)nc2C)cs1.